The summed E-state index contributed by atoms with van der Waals surface area (Å²) < 4.78 is 7.66. The van der Waals surface area contributed by atoms with Crippen molar-refractivity contribution in [3.05, 3.63) is 12.2 Å². The van der Waals surface area contributed by atoms with Gasteiger partial charge in [0.2, 0.25) is 0 Å². The van der Waals surface area contributed by atoms with Crippen LogP contribution in [0, 0.1) is 5.41 Å². The third-order valence-electron chi connectivity index (χ3n) is 4.05. The zero-order valence-corrected chi connectivity index (χ0v) is 11.8. The number of nitrogens with one attached hydrogen (secondary N) is 1. The first-order chi connectivity index (χ1) is 8.59. The summed E-state index contributed by atoms with van der Waals surface area (Å²) in [5.41, 5.74) is 0.201. The van der Waals surface area contributed by atoms with Gasteiger partial charge in [0.15, 0.2) is 0 Å². The molecule has 18 heavy (non-hydrogen) atoms. The van der Waals surface area contributed by atoms with Gasteiger partial charge in [-0.05, 0) is 20.3 Å². The smallest absolute Gasteiger partial charge is 0.140 e. The molecular formula is C13H24N4O. The summed E-state index contributed by atoms with van der Waals surface area (Å²) in [6, 6.07) is 0.496. The molecule has 2 atom stereocenters. The summed E-state index contributed by atoms with van der Waals surface area (Å²) in [5.74, 6) is 1.01. The van der Waals surface area contributed by atoms with E-state index in [4.69, 9.17) is 4.74 Å². The molecule has 1 heterocycles. The van der Waals surface area contributed by atoms with E-state index in [1.54, 1.807) is 6.33 Å². The molecule has 0 radical (unpaired) electrons. The summed E-state index contributed by atoms with van der Waals surface area (Å²) in [5, 5.41) is 7.75. The molecule has 5 heteroatoms. The highest BCUT2D eigenvalue weighted by molar-refractivity contribution is 5.03. The van der Waals surface area contributed by atoms with Crippen molar-refractivity contribution in [2.24, 2.45) is 5.41 Å². The first-order valence-electron chi connectivity index (χ1n) is 6.81. The molecule has 1 aliphatic carbocycles. The van der Waals surface area contributed by atoms with Crippen molar-refractivity contribution in [3.8, 4) is 0 Å². The van der Waals surface area contributed by atoms with Crippen LogP contribution in [0.4, 0.5) is 0 Å². The van der Waals surface area contributed by atoms with Crippen LogP contribution in [-0.4, -0.2) is 33.5 Å². The highest BCUT2D eigenvalue weighted by Gasteiger charge is 2.48. The van der Waals surface area contributed by atoms with Gasteiger partial charge in [0.1, 0.15) is 12.2 Å². The highest BCUT2D eigenvalue weighted by Crippen LogP contribution is 2.42. The first kappa shape index (κ1) is 13.5. The Morgan fingerprint density at radius 1 is 1.50 bits per heavy atom. The van der Waals surface area contributed by atoms with Gasteiger partial charge in [-0.1, -0.05) is 13.8 Å². The van der Waals surface area contributed by atoms with Crippen LogP contribution in [0.25, 0.3) is 0 Å². The number of hydrogen-bond donors (Lipinski definition) is 1. The van der Waals surface area contributed by atoms with E-state index in [0.717, 1.165) is 31.9 Å². The fourth-order valence-corrected chi connectivity index (χ4v) is 2.62. The molecule has 0 aromatic carbocycles. The molecule has 5 nitrogen and oxygen atoms in total. The maximum absolute atomic E-state index is 5.73. The Hall–Kier alpha value is -0.940. The molecule has 1 fully saturated rings. The van der Waals surface area contributed by atoms with Crippen molar-refractivity contribution in [1.29, 1.82) is 0 Å². The summed E-state index contributed by atoms with van der Waals surface area (Å²) in [7, 11) is 0. The summed E-state index contributed by atoms with van der Waals surface area (Å²) >= 11 is 0. The summed E-state index contributed by atoms with van der Waals surface area (Å²) in [6.45, 7) is 11.1. The lowest BCUT2D eigenvalue weighted by molar-refractivity contribution is -0.114. The minimum atomic E-state index is 0.201. The second kappa shape index (κ2) is 5.36. The van der Waals surface area contributed by atoms with Crippen LogP contribution < -0.4 is 5.32 Å². The Labute approximate surface area is 109 Å². The quantitative estimate of drug-likeness (QED) is 0.835. The van der Waals surface area contributed by atoms with E-state index >= 15 is 0 Å². The molecule has 1 aromatic heterocycles. The zero-order valence-electron chi connectivity index (χ0n) is 11.8. The van der Waals surface area contributed by atoms with Crippen molar-refractivity contribution in [1.82, 2.24) is 20.1 Å². The van der Waals surface area contributed by atoms with Gasteiger partial charge < -0.3 is 10.1 Å². The maximum Gasteiger partial charge on any atom is 0.140 e. The number of ether oxygens (including phenoxy) is 1. The van der Waals surface area contributed by atoms with Crippen LogP contribution in [0.2, 0.25) is 0 Å². The maximum atomic E-state index is 5.73. The van der Waals surface area contributed by atoms with Crippen molar-refractivity contribution < 1.29 is 4.74 Å². The number of aromatic nitrogens is 3. The number of hydrogen-bond acceptors (Lipinski definition) is 4. The average molecular weight is 252 g/mol. The van der Waals surface area contributed by atoms with Gasteiger partial charge >= 0.3 is 0 Å². The van der Waals surface area contributed by atoms with Gasteiger partial charge in [0.05, 0.1) is 12.6 Å². The number of aryl methyl sites for hydroxylation is 1. The first-order valence-corrected chi connectivity index (χ1v) is 6.81. The Bertz CT molecular complexity index is 388. The van der Waals surface area contributed by atoms with E-state index in [0.29, 0.717) is 12.1 Å². The van der Waals surface area contributed by atoms with Gasteiger partial charge in [-0.2, -0.15) is 5.10 Å². The third-order valence-corrected chi connectivity index (χ3v) is 4.05. The summed E-state index contributed by atoms with van der Waals surface area (Å²) in [4.78, 5) is 4.28. The van der Waals surface area contributed by atoms with Crippen LogP contribution >= 0.6 is 0 Å². The molecule has 1 N–H and O–H groups in total. The normalized spacial score (nSPS) is 26.0. The lowest BCUT2D eigenvalue weighted by Gasteiger charge is -2.51. The second-order valence-corrected chi connectivity index (χ2v) is 5.43. The zero-order chi connectivity index (χ0) is 13.2. The summed E-state index contributed by atoms with van der Waals surface area (Å²) in [6.07, 6.45) is 3.08. The predicted molar refractivity (Wildman–Crippen MR) is 70.1 cm³/mol. The lowest BCUT2D eigenvalue weighted by Crippen LogP contribution is -2.60. The van der Waals surface area contributed by atoms with Crippen molar-refractivity contribution in [2.75, 3.05) is 6.61 Å². The molecule has 102 valence electrons. The van der Waals surface area contributed by atoms with Gasteiger partial charge in [0.25, 0.3) is 0 Å². The molecule has 0 spiro atoms. The van der Waals surface area contributed by atoms with Crippen LogP contribution in [0.15, 0.2) is 6.33 Å². The molecule has 1 aliphatic rings. The SMILES string of the molecule is CCOC1CC(NCc2ncnn2CC)C1(C)C. The van der Waals surface area contributed by atoms with E-state index in [1.165, 1.54) is 0 Å². The van der Waals surface area contributed by atoms with Gasteiger partial charge in [-0.3, -0.25) is 0 Å². The van der Waals surface area contributed by atoms with Crippen LogP contribution in [0.1, 0.15) is 39.9 Å². The fraction of sp³-hybridized carbons (Fsp3) is 0.846. The minimum absolute atomic E-state index is 0.201. The van der Waals surface area contributed by atoms with Crippen LogP contribution in [0.3, 0.4) is 0 Å². The molecule has 0 aliphatic heterocycles. The highest BCUT2D eigenvalue weighted by atomic mass is 16.5. The molecule has 2 rings (SSSR count). The van der Waals surface area contributed by atoms with Crippen LogP contribution in [-0.2, 0) is 17.8 Å². The Balaban J connectivity index is 1.85. The lowest BCUT2D eigenvalue weighted by atomic mass is 9.64. The molecule has 0 bridgehead atoms. The fourth-order valence-electron chi connectivity index (χ4n) is 2.62. The number of nitrogens with zero attached hydrogens (tertiary/aromatic N) is 3. The van der Waals surface area contributed by atoms with E-state index < -0.39 is 0 Å². The van der Waals surface area contributed by atoms with E-state index in [1.807, 2.05) is 4.68 Å². The molecule has 1 aromatic rings. The Morgan fingerprint density at radius 2 is 2.28 bits per heavy atom. The predicted octanol–water partition coefficient (Wildman–Crippen LogP) is 1.59. The Morgan fingerprint density at radius 3 is 2.89 bits per heavy atom. The minimum Gasteiger partial charge on any atom is -0.378 e. The second-order valence-electron chi connectivity index (χ2n) is 5.43. The van der Waals surface area contributed by atoms with E-state index in [-0.39, 0.29) is 5.41 Å². The van der Waals surface area contributed by atoms with Crippen molar-refractivity contribution >= 4 is 0 Å². The molecular weight excluding hydrogens is 228 g/mol. The van der Waals surface area contributed by atoms with E-state index in [9.17, 15) is 0 Å². The van der Waals surface area contributed by atoms with Gasteiger partial charge in [0, 0.05) is 24.6 Å². The van der Waals surface area contributed by atoms with Crippen LogP contribution in [0.5, 0.6) is 0 Å². The van der Waals surface area contributed by atoms with Crippen molar-refractivity contribution in [3.63, 3.8) is 0 Å². The third kappa shape index (κ3) is 2.42. The van der Waals surface area contributed by atoms with Gasteiger partial charge in [-0.25, -0.2) is 9.67 Å². The monoisotopic (exact) mass is 252 g/mol. The standard InChI is InChI=1S/C13H24N4O/c1-5-17-12(15-9-16-17)8-14-10-7-11(18-6-2)13(10,3)4/h9-11,14H,5-8H2,1-4H3. The van der Waals surface area contributed by atoms with E-state index in [2.05, 4.69) is 43.1 Å². The van der Waals surface area contributed by atoms with Crippen molar-refractivity contribution in [2.45, 2.75) is 59.4 Å². The molecule has 2 unspecified atom stereocenters. The molecule has 1 saturated carbocycles. The number of rotatable bonds is 6. The average Bonchev–Trinajstić information content (AvgIpc) is 2.80. The molecule has 0 saturated heterocycles. The Kier molecular flexibility index (Phi) is 4.02. The van der Waals surface area contributed by atoms with Gasteiger partial charge in [-0.15, -0.1) is 0 Å². The largest absolute Gasteiger partial charge is 0.378 e. The molecule has 0 amide bonds. The topological polar surface area (TPSA) is 52.0 Å².